The Kier molecular flexibility index (Phi) is 3.97. The number of aromatic nitrogens is 2. The van der Waals surface area contributed by atoms with E-state index < -0.39 is 0 Å². The van der Waals surface area contributed by atoms with Gasteiger partial charge in [0.25, 0.3) is 5.56 Å². The number of aryl methyl sites for hydroxylation is 2. The van der Waals surface area contributed by atoms with Crippen LogP contribution in [0.15, 0.2) is 22.1 Å². The number of nitrogens with zero attached hydrogens (tertiary/aromatic N) is 2. The summed E-state index contributed by atoms with van der Waals surface area (Å²) in [5.41, 5.74) is 2.35. The summed E-state index contributed by atoms with van der Waals surface area (Å²) in [7, 11) is 0. The van der Waals surface area contributed by atoms with Crippen LogP contribution in [0, 0.1) is 0 Å². The number of thioether (sulfide) groups is 1. The van der Waals surface area contributed by atoms with E-state index in [9.17, 15) is 4.79 Å². The Morgan fingerprint density at radius 3 is 2.90 bits per heavy atom. The van der Waals surface area contributed by atoms with Gasteiger partial charge in [-0.3, -0.25) is 9.36 Å². The summed E-state index contributed by atoms with van der Waals surface area (Å²) in [6.07, 6.45) is 3.29. The van der Waals surface area contributed by atoms with Crippen LogP contribution in [0.2, 0.25) is 0 Å². The number of rotatable bonds is 4. The molecule has 0 aromatic carbocycles. The van der Waals surface area contributed by atoms with Gasteiger partial charge in [0.05, 0.1) is 5.39 Å². The Morgan fingerprint density at radius 1 is 1.48 bits per heavy atom. The molecule has 2 aromatic rings. The molecule has 112 valence electrons. The Bertz CT molecular complexity index is 771. The fraction of sp³-hybridized carbons (Fsp3) is 0.500. The monoisotopic (exact) mass is 320 g/mol. The van der Waals surface area contributed by atoms with Gasteiger partial charge in [-0.15, -0.1) is 11.3 Å². The predicted octanol–water partition coefficient (Wildman–Crippen LogP) is 4.02. The Morgan fingerprint density at radius 2 is 2.24 bits per heavy atom. The molecule has 1 aliphatic rings. The maximum atomic E-state index is 13.0. The van der Waals surface area contributed by atoms with Crippen LogP contribution in [-0.4, -0.2) is 14.8 Å². The first kappa shape index (κ1) is 14.9. The van der Waals surface area contributed by atoms with E-state index in [1.54, 1.807) is 27.7 Å². The maximum Gasteiger partial charge on any atom is 0.263 e. The van der Waals surface area contributed by atoms with Crippen molar-refractivity contribution in [3.8, 4) is 0 Å². The first-order chi connectivity index (χ1) is 9.97. The van der Waals surface area contributed by atoms with Gasteiger partial charge < -0.3 is 0 Å². The molecule has 2 heterocycles. The van der Waals surface area contributed by atoms with Gasteiger partial charge in [0, 0.05) is 16.7 Å². The van der Waals surface area contributed by atoms with E-state index >= 15 is 0 Å². The molecular weight excluding hydrogens is 300 g/mol. The van der Waals surface area contributed by atoms with Crippen molar-refractivity contribution in [2.24, 2.45) is 0 Å². The van der Waals surface area contributed by atoms with Crippen molar-refractivity contribution in [2.45, 2.75) is 57.0 Å². The van der Waals surface area contributed by atoms with E-state index in [0.29, 0.717) is 11.8 Å². The van der Waals surface area contributed by atoms with E-state index in [-0.39, 0.29) is 5.56 Å². The molecular formula is C16H20N2OS2. The number of fused-ring (bicyclic) bond motifs is 3. The van der Waals surface area contributed by atoms with Crippen LogP contribution < -0.4 is 5.56 Å². The van der Waals surface area contributed by atoms with Crippen molar-refractivity contribution in [2.75, 3.05) is 0 Å². The highest BCUT2D eigenvalue weighted by atomic mass is 32.2. The van der Waals surface area contributed by atoms with Crippen LogP contribution in [-0.2, 0) is 19.4 Å². The van der Waals surface area contributed by atoms with Crippen LogP contribution in [0.1, 0.15) is 37.6 Å². The van der Waals surface area contributed by atoms with Crippen molar-refractivity contribution < 1.29 is 0 Å². The molecule has 0 aliphatic heterocycles. The molecule has 2 aromatic heterocycles. The molecule has 0 saturated carbocycles. The average molecular weight is 320 g/mol. The zero-order chi connectivity index (χ0) is 15.1. The third kappa shape index (κ3) is 2.69. The maximum absolute atomic E-state index is 13.0. The number of hydrogen-bond donors (Lipinski definition) is 0. The van der Waals surface area contributed by atoms with E-state index in [0.717, 1.165) is 33.8 Å². The molecule has 21 heavy (non-hydrogen) atoms. The topological polar surface area (TPSA) is 34.9 Å². The highest BCUT2D eigenvalue weighted by molar-refractivity contribution is 7.99. The second-order valence-corrected chi connectivity index (χ2v) is 8.57. The number of thiophene rings is 1. The van der Waals surface area contributed by atoms with Crippen molar-refractivity contribution in [1.82, 2.24) is 9.55 Å². The van der Waals surface area contributed by atoms with Crippen LogP contribution in [0.25, 0.3) is 10.2 Å². The molecule has 0 saturated heterocycles. The fourth-order valence-electron chi connectivity index (χ4n) is 2.77. The van der Waals surface area contributed by atoms with Crippen LogP contribution >= 0.6 is 23.1 Å². The second kappa shape index (κ2) is 5.61. The van der Waals surface area contributed by atoms with Crippen molar-refractivity contribution >= 4 is 33.3 Å². The summed E-state index contributed by atoms with van der Waals surface area (Å²) in [6.45, 7) is 10.7. The van der Waals surface area contributed by atoms with Gasteiger partial charge in [-0.05, 0) is 31.7 Å². The lowest BCUT2D eigenvalue weighted by Crippen LogP contribution is -2.24. The summed E-state index contributed by atoms with van der Waals surface area (Å²) in [6, 6.07) is 0. The van der Waals surface area contributed by atoms with E-state index in [1.807, 2.05) is 6.92 Å². The summed E-state index contributed by atoms with van der Waals surface area (Å²) in [5, 5.41) is 2.09. The van der Waals surface area contributed by atoms with Crippen LogP contribution in [0.3, 0.4) is 0 Å². The zero-order valence-electron chi connectivity index (χ0n) is 12.7. The molecule has 1 aliphatic carbocycles. The molecule has 3 rings (SSSR count). The molecule has 0 radical (unpaired) electrons. The first-order valence-electron chi connectivity index (χ1n) is 7.33. The van der Waals surface area contributed by atoms with Gasteiger partial charge >= 0.3 is 0 Å². The normalized spacial score (nSPS) is 14.1. The molecule has 0 atom stereocenters. The van der Waals surface area contributed by atoms with Gasteiger partial charge in [0.15, 0.2) is 5.16 Å². The number of allylic oxidation sites excluding steroid dienone is 1. The molecule has 3 nitrogen and oxygen atoms in total. The number of hydrogen-bond acceptors (Lipinski definition) is 4. The van der Waals surface area contributed by atoms with E-state index in [2.05, 4.69) is 20.4 Å². The predicted molar refractivity (Wildman–Crippen MR) is 91.7 cm³/mol. The lowest BCUT2D eigenvalue weighted by Gasteiger charge is -2.13. The highest BCUT2D eigenvalue weighted by Gasteiger charge is 2.23. The minimum atomic E-state index is 0.116. The summed E-state index contributed by atoms with van der Waals surface area (Å²) in [4.78, 5) is 20.0. The Balaban J connectivity index is 2.25. The quantitative estimate of drug-likeness (QED) is 0.485. The van der Waals surface area contributed by atoms with E-state index in [1.165, 1.54) is 16.9 Å². The van der Waals surface area contributed by atoms with E-state index in [4.69, 9.17) is 4.98 Å². The fourth-order valence-corrected chi connectivity index (χ4v) is 4.92. The van der Waals surface area contributed by atoms with Crippen molar-refractivity contribution in [1.29, 1.82) is 0 Å². The minimum Gasteiger partial charge on any atom is -0.283 e. The standard InChI is InChI=1S/C16H20N2OS2/c1-9(2)8-18-15(19)13-11-6-5-7-12(11)21-14(13)17-16(18)20-10(3)4/h10H,1,5-8H2,2-4H3. The molecule has 0 amide bonds. The third-order valence-electron chi connectivity index (χ3n) is 3.56. The van der Waals surface area contributed by atoms with Crippen LogP contribution in [0.4, 0.5) is 0 Å². The first-order valence-corrected chi connectivity index (χ1v) is 9.03. The zero-order valence-corrected chi connectivity index (χ0v) is 14.4. The van der Waals surface area contributed by atoms with Gasteiger partial charge in [-0.25, -0.2) is 4.98 Å². The second-order valence-electron chi connectivity index (χ2n) is 5.95. The highest BCUT2D eigenvalue weighted by Crippen LogP contribution is 2.36. The van der Waals surface area contributed by atoms with Crippen molar-refractivity contribution in [3.63, 3.8) is 0 Å². The Labute approximate surface area is 133 Å². The smallest absolute Gasteiger partial charge is 0.263 e. The lowest BCUT2D eigenvalue weighted by atomic mass is 10.2. The molecule has 0 N–H and O–H groups in total. The van der Waals surface area contributed by atoms with Gasteiger partial charge in [0.2, 0.25) is 0 Å². The lowest BCUT2D eigenvalue weighted by molar-refractivity contribution is 0.650. The summed E-state index contributed by atoms with van der Waals surface area (Å²) < 4.78 is 1.81. The van der Waals surface area contributed by atoms with Crippen molar-refractivity contribution in [3.05, 3.63) is 32.9 Å². The summed E-state index contributed by atoms with van der Waals surface area (Å²) in [5.74, 6) is 0. The van der Waals surface area contributed by atoms with Gasteiger partial charge in [0.1, 0.15) is 4.83 Å². The molecule has 0 spiro atoms. The Hall–Kier alpha value is -1.07. The molecule has 5 heteroatoms. The summed E-state index contributed by atoms with van der Waals surface area (Å²) >= 11 is 3.36. The van der Waals surface area contributed by atoms with Crippen LogP contribution in [0.5, 0.6) is 0 Å². The molecule has 0 fully saturated rings. The SMILES string of the molecule is C=C(C)Cn1c(SC(C)C)nc2sc3c(c2c1=O)CCC3. The minimum absolute atomic E-state index is 0.116. The largest absolute Gasteiger partial charge is 0.283 e. The van der Waals surface area contributed by atoms with Gasteiger partial charge in [-0.2, -0.15) is 0 Å². The van der Waals surface area contributed by atoms with Gasteiger partial charge in [-0.1, -0.05) is 37.8 Å². The third-order valence-corrected chi connectivity index (χ3v) is 5.74. The molecule has 0 bridgehead atoms. The average Bonchev–Trinajstić information content (AvgIpc) is 2.92. The molecule has 0 unspecified atom stereocenters.